The molecular weight excluding hydrogens is 401 g/mol. The number of hydrogen-bond donors (Lipinski definition) is 1. The van der Waals surface area contributed by atoms with Gasteiger partial charge in [-0.25, -0.2) is 0 Å². The van der Waals surface area contributed by atoms with E-state index in [0.29, 0.717) is 4.83 Å². The van der Waals surface area contributed by atoms with Crippen LogP contribution in [0.2, 0.25) is 0 Å². The Kier molecular flexibility index (Phi) is 4.70. The Morgan fingerprint density at radius 1 is 1.17 bits per heavy atom. The average molecular weight is 418 g/mol. The van der Waals surface area contributed by atoms with Crippen LogP contribution >= 0.6 is 11.3 Å². The molecule has 1 atom stereocenters. The Bertz CT molecular complexity index is 1160. The van der Waals surface area contributed by atoms with E-state index < -0.39 is 17.8 Å². The van der Waals surface area contributed by atoms with E-state index in [1.54, 1.807) is 0 Å². The summed E-state index contributed by atoms with van der Waals surface area (Å²) in [5.74, 6) is -0.415. The van der Waals surface area contributed by atoms with Gasteiger partial charge >= 0.3 is 6.18 Å². The molecule has 3 heterocycles. The van der Waals surface area contributed by atoms with Crippen molar-refractivity contribution in [2.75, 3.05) is 0 Å². The van der Waals surface area contributed by atoms with Gasteiger partial charge in [0.15, 0.2) is 5.69 Å². The summed E-state index contributed by atoms with van der Waals surface area (Å²) in [6.45, 7) is 1.83. The van der Waals surface area contributed by atoms with E-state index in [1.165, 1.54) is 13.1 Å². The lowest BCUT2D eigenvalue weighted by Crippen LogP contribution is -2.25. The monoisotopic (exact) mass is 418 g/mol. The molecule has 0 saturated carbocycles. The first kappa shape index (κ1) is 19.3. The van der Waals surface area contributed by atoms with Crippen LogP contribution in [-0.4, -0.2) is 20.3 Å². The third-order valence-electron chi connectivity index (χ3n) is 4.65. The minimum Gasteiger partial charge on any atom is -0.345 e. The summed E-state index contributed by atoms with van der Waals surface area (Å²) >= 11 is 0.992. The number of aryl methyl sites for hydroxylation is 1. The van der Waals surface area contributed by atoms with E-state index in [9.17, 15) is 18.0 Å². The first-order chi connectivity index (χ1) is 13.7. The Balaban J connectivity index is 1.53. The number of benzene rings is 1. The fourth-order valence-corrected chi connectivity index (χ4v) is 4.13. The number of aromatic nitrogens is 3. The maximum Gasteiger partial charge on any atom is 0.435 e. The SMILES string of the molecule is C[C@H](NC(=O)c1cc2c(C(F)(F)F)nn(C)c2s1)c1ccc(-n2cccc2)cc1. The van der Waals surface area contributed by atoms with Crippen LogP contribution in [0.1, 0.15) is 33.9 Å². The number of alkyl halides is 3. The molecular formula is C20H17F3N4OS. The number of nitrogens with zero attached hydrogens (tertiary/aromatic N) is 3. The second-order valence-electron chi connectivity index (χ2n) is 6.68. The van der Waals surface area contributed by atoms with E-state index in [0.717, 1.165) is 27.3 Å². The van der Waals surface area contributed by atoms with Gasteiger partial charge in [-0.15, -0.1) is 11.3 Å². The van der Waals surface area contributed by atoms with E-state index in [4.69, 9.17) is 0 Å². The second-order valence-corrected chi connectivity index (χ2v) is 7.71. The molecule has 1 aromatic carbocycles. The maximum absolute atomic E-state index is 13.1. The number of rotatable bonds is 4. The standard InChI is InChI=1S/C20H17F3N4OS/c1-12(13-5-7-14(8-6-13)27-9-3-4-10-27)24-18(28)16-11-15-17(20(21,22)23)25-26(2)19(15)29-16/h3-12H,1-2H3,(H,24,28)/t12-/m0/s1. The predicted molar refractivity (Wildman–Crippen MR) is 105 cm³/mol. The number of carbonyl (C=O) groups excluding carboxylic acids is 1. The van der Waals surface area contributed by atoms with Crippen molar-refractivity contribution in [3.8, 4) is 5.69 Å². The molecule has 29 heavy (non-hydrogen) atoms. The van der Waals surface area contributed by atoms with Crippen LogP contribution in [0, 0.1) is 0 Å². The molecule has 0 radical (unpaired) electrons. The predicted octanol–water partition coefficient (Wildman–Crippen LogP) is 4.94. The zero-order valence-corrected chi connectivity index (χ0v) is 16.4. The van der Waals surface area contributed by atoms with Gasteiger partial charge < -0.3 is 9.88 Å². The summed E-state index contributed by atoms with van der Waals surface area (Å²) in [4.78, 5) is 13.1. The molecule has 0 fully saturated rings. The summed E-state index contributed by atoms with van der Waals surface area (Å²) < 4.78 is 42.5. The van der Waals surface area contributed by atoms with Crippen LogP contribution in [0.25, 0.3) is 15.9 Å². The van der Waals surface area contributed by atoms with Gasteiger partial charge in [-0.3, -0.25) is 9.48 Å². The second kappa shape index (κ2) is 7.07. The van der Waals surface area contributed by atoms with E-state index in [1.807, 2.05) is 60.3 Å². The van der Waals surface area contributed by atoms with Gasteiger partial charge in [0.1, 0.15) is 4.83 Å². The zero-order valence-electron chi connectivity index (χ0n) is 15.6. The normalized spacial score (nSPS) is 13.0. The third kappa shape index (κ3) is 3.65. The van der Waals surface area contributed by atoms with Gasteiger partial charge in [-0.1, -0.05) is 12.1 Å². The lowest BCUT2D eigenvalue weighted by Gasteiger charge is -2.14. The van der Waals surface area contributed by atoms with Gasteiger partial charge in [0.25, 0.3) is 5.91 Å². The highest BCUT2D eigenvalue weighted by atomic mass is 32.1. The fourth-order valence-electron chi connectivity index (χ4n) is 3.15. The third-order valence-corrected chi connectivity index (χ3v) is 5.85. The van der Waals surface area contributed by atoms with Crippen molar-refractivity contribution in [3.63, 3.8) is 0 Å². The van der Waals surface area contributed by atoms with Crippen LogP contribution in [0.15, 0.2) is 54.9 Å². The Morgan fingerprint density at radius 3 is 2.45 bits per heavy atom. The molecule has 0 unspecified atom stereocenters. The highest BCUT2D eigenvalue weighted by Gasteiger charge is 2.37. The van der Waals surface area contributed by atoms with Crippen LogP contribution in [0.5, 0.6) is 0 Å². The van der Waals surface area contributed by atoms with Crippen molar-refractivity contribution in [2.24, 2.45) is 7.05 Å². The summed E-state index contributed by atoms with van der Waals surface area (Å²) in [6.07, 6.45) is -0.694. The summed E-state index contributed by atoms with van der Waals surface area (Å²) in [5.41, 5.74) is 0.918. The highest BCUT2D eigenvalue weighted by molar-refractivity contribution is 7.20. The molecule has 0 saturated heterocycles. The molecule has 1 amide bonds. The van der Waals surface area contributed by atoms with Crippen molar-refractivity contribution in [1.82, 2.24) is 19.7 Å². The minimum absolute atomic E-state index is 0.0566. The van der Waals surface area contributed by atoms with E-state index in [2.05, 4.69) is 10.4 Å². The molecule has 0 aliphatic carbocycles. The molecule has 4 aromatic rings. The Hall–Kier alpha value is -3.07. The quantitative estimate of drug-likeness (QED) is 0.511. The molecule has 1 N–H and O–H groups in total. The zero-order chi connectivity index (χ0) is 20.8. The van der Waals surface area contributed by atoms with Crippen LogP contribution in [0.3, 0.4) is 0 Å². The number of carbonyl (C=O) groups is 1. The van der Waals surface area contributed by atoms with Gasteiger partial charge in [0.2, 0.25) is 0 Å². The molecule has 0 bridgehead atoms. The fraction of sp³-hybridized carbons (Fsp3) is 0.200. The summed E-state index contributed by atoms with van der Waals surface area (Å²) in [5, 5.41) is 6.32. The van der Waals surface area contributed by atoms with E-state index in [-0.39, 0.29) is 16.3 Å². The van der Waals surface area contributed by atoms with E-state index >= 15 is 0 Å². The molecule has 150 valence electrons. The molecule has 5 nitrogen and oxygen atoms in total. The first-order valence-electron chi connectivity index (χ1n) is 8.82. The number of nitrogens with one attached hydrogen (secondary N) is 1. The van der Waals surface area contributed by atoms with Crippen molar-refractivity contribution in [3.05, 3.63) is 71.0 Å². The summed E-state index contributed by atoms with van der Waals surface area (Å²) in [7, 11) is 1.44. The number of amides is 1. The van der Waals surface area contributed by atoms with Crippen molar-refractivity contribution in [1.29, 1.82) is 0 Å². The maximum atomic E-state index is 13.1. The minimum atomic E-state index is -4.57. The topological polar surface area (TPSA) is 51.9 Å². The first-order valence-corrected chi connectivity index (χ1v) is 9.63. The Labute approximate surface area is 168 Å². The highest BCUT2D eigenvalue weighted by Crippen LogP contribution is 2.37. The van der Waals surface area contributed by atoms with Gasteiger partial charge in [0.05, 0.1) is 10.9 Å². The summed E-state index contributed by atoms with van der Waals surface area (Å²) in [6, 6.07) is 12.5. The number of thiophene rings is 1. The molecule has 3 aromatic heterocycles. The molecule has 9 heteroatoms. The van der Waals surface area contributed by atoms with Crippen molar-refractivity contribution >= 4 is 27.5 Å². The molecule has 4 rings (SSSR count). The van der Waals surface area contributed by atoms with Gasteiger partial charge in [-0.05, 0) is 42.8 Å². The largest absolute Gasteiger partial charge is 0.435 e. The lowest BCUT2D eigenvalue weighted by atomic mass is 10.1. The Morgan fingerprint density at radius 2 is 1.83 bits per heavy atom. The lowest BCUT2D eigenvalue weighted by molar-refractivity contribution is -0.140. The van der Waals surface area contributed by atoms with Crippen molar-refractivity contribution in [2.45, 2.75) is 19.1 Å². The average Bonchev–Trinajstić information content (AvgIpc) is 3.39. The smallest absolute Gasteiger partial charge is 0.345 e. The molecule has 0 aliphatic heterocycles. The van der Waals surface area contributed by atoms with Crippen LogP contribution in [0.4, 0.5) is 13.2 Å². The number of halogens is 3. The van der Waals surface area contributed by atoms with Crippen molar-refractivity contribution < 1.29 is 18.0 Å². The number of hydrogen-bond acceptors (Lipinski definition) is 3. The van der Waals surface area contributed by atoms with Crippen LogP contribution < -0.4 is 5.32 Å². The molecule has 0 spiro atoms. The van der Waals surface area contributed by atoms with Crippen LogP contribution in [-0.2, 0) is 13.2 Å². The van der Waals surface area contributed by atoms with Gasteiger partial charge in [-0.2, -0.15) is 18.3 Å². The number of fused-ring (bicyclic) bond motifs is 1. The molecule has 0 aliphatic rings. The van der Waals surface area contributed by atoms with Gasteiger partial charge in [0, 0.05) is 30.5 Å².